The standard InChI is InChI=1S/C14H28O/c1-3-5-7-8-9-10-11-12-14-15-13-6-4-2/h3H,1,4-14H2,2H3. The van der Waals surface area contributed by atoms with Gasteiger partial charge < -0.3 is 4.74 Å². The molecular formula is C14H28O. The molecular weight excluding hydrogens is 184 g/mol. The van der Waals surface area contributed by atoms with E-state index >= 15 is 0 Å². The van der Waals surface area contributed by atoms with E-state index in [4.69, 9.17) is 4.74 Å². The predicted molar refractivity (Wildman–Crippen MR) is 68.2 cm³/mol. The fraction of sp³-hybridized carbons (Fsp3) is 0.857. The Morgan fingerprint density at radius 3 is 2.13 bits per heavy atom. The number of hydrogen-bond donors (Lipinski definition) is 0. The second kappa shape index (κ2) is 13.7. The molecule has 0 N–H and O–H groups in total. The van der Waals surface area contributed by atoms with Crippen LogP contribution in [0.5, 0.6) is 0 Å². The molecule has 0 rings (SSSR count). The summed E-state index contributed by atoms with van der Waals surface area (Å²) >= 11 is 0. The lowest BCUT2D eigenvalue weighted by Crippen LogP contribution is -1.96. The smallest absolute Gasteiger partial charge is 0.0466 e. The van der Waals surface area contributed by atoms with Gasteiger partial charge in [0.25, 0.3) is 0 Å². The lowest BCUT2D eigenvalue weighted by molar-refractivity contribution is 0.127. The first-order valence-electron chi connectivity index (χ1n) is 6.60. The van der Waals surface area contributed by atoms with Crippen molar-refractivity contribution in [2.45, 2.75) is 64.7 Å². The molecule has 0 amide bonds. The first-order valence-corrected chi connectivity index (χ1v) is 6.60. The summed E-state index contributed by atoms with van der Waals surface area (Å²) < 4.78 is 5.51. The average Bonchev–Trinajstić information content (AvgIpc) is 2.26. The predicted octanol–water partition coefficient (Wildman–Crippen LogP) is 4.72. The highest BCUT2D eigenvalue weighted by Crippen LogP contribution is 2.07. The molecule has 1 heteroatoms. The van der Waals surface area contributed by atoms with Crippen LogP contribution >= 0.6 is 0 Å². The molecule has 0 saturated carbocycles. The number of ether oxygens (including phenoxy) is 1. The maximum atomic E-state index is 5.51. The number of hydrogen-bond acceptors (Lipinski definition) is 1. The third-order valence-electron chi connectivity index (χ3n) is 2.59. The van der Waals surface area contributed by atoms with Crippen molar-refractivity contribution >= 4 is 0 Å². The zero-order chi connectivity index (χ0) is 11.2. The minimum absolute atomic E-state index is 0.954. The van der Waals surface area contributed by atoms with Gasteiger partial charge in [-0.15, -0.1) is 6.58 Å². The van der Waals surface area contributed by atoms with E-state index in [0.29, 0.717) is 0 Å². The Morgan fingerprint density at radius 1 is 0.867 bits per heavy atom. The van der Waals surface area contributed by atoms with E-state index in [-0.39, 0.29) is 0 Å². The van der Waals surface area contributed by atoms with E-state index in [0.717, 1.165) is 13.2 Å². The average molecular weight is 212 g/mol. The van der Waals surface area contributed by atoms with Gasteiger partial charge in [-0.2, -0.15) is 0 Å². The molecule has 0 heterocycles. The van der Waals surface area contributed by atoms with Crippen molar-refractivity contribution in [3.8, 4) is 0 Å². The summed E-state index contributed by atoms with van der Waals surface area (Å²) in [5.41, 5.74) is 0. The summed E-state index contributed by atoms with van der Waals surface area (Å²) in [7, 11) is 0. The van der Waals surface area contributed by atoms with Gasteiger partial charge in [0.05, 0.1) is 0 Å². The third kappa shape index (κ3) is 13.7. The Kier molecular flexibility index (Phi) is 13.4. The molecule has 0 aliphatic heterocycles. The summed E-state index contributed by atoms with van der Waals surface area (Å²) in [6, 6.07) is 0. The van der Waals surface area contributed by atoms with E-state index in [2.05, 4.69) is 13.5 Å². The van der Waals surface area contributed by atoms with Crippen LogP contribution in [0, 0.1) is 0 Å². The molecule has 0 bridgehead atoms. The van der Waals surface area contributed by atoms with E-state index < -0.39 is 0 Å². The molecule has 0 aliphatic rings. The van der Waals surface area contributed by atoms with Crippen molar-refractivity contribution in [1.29, 1.82) is 0 Å². The van der Waals surface area contributed by atoms with E-state index in [9.17, 15) is 0 Å². The molecule has 0 aliphatic carbocycles. The molecule has 0 aromatic heterocycles. The fourth-order valence-corrected chi connectivity index (χ4v) is 1.55. The normalized spacial score (nSPS) is 10.5. The molecule has 15 heavy (non-hydrogen) atoms. The van der Waals surface area contributed by atoms with Crippen molar-refractivity contribution < 1.29 is 4.74 Å². The Hall–Kier alpha value is -0.300. The fourth-order valence-electron chi connectivity index (χ4n) is 1.55. The van der Waals surface area contributed by atoms with E-state index in [1.54, 1.807) is 0 Å². The van der Waals surface area contributed by atoms with E-state index in [1.807, 2.05) is 6.08 Å². The zero-order valence-electron chi connectivity index (χ0n) is 10.5. The highest BCUT2D eigenvalue weighted by molar-refractivity contribution is 4.65. The topological polar surface area (TPSA) is 9.23 Å². The third-order valence-corrected chi connectivity index (χ3v) is 2.59. The Labute approximate surface area is 95.9 Å². The minimum Gasteiger partial charge on any atom is -0.381 e. The summed E-state index contributed by atoms with van der Waals surface area (Å²) in [6.45, 7) is 7.85. The first-order chi connectivity index (χ1) is 7.41. The van der Waals surface area contributed by atoms with Crippen LogP contribution in [0.4, 0.5) is 0 Å². The van der Waals surface area contributed by atoms with Gasteiger partial charge in [0.1, 0.15) is 0 Å². The zero-order valence-corrected chi connectivity index (χ0v) is 10.5. The van der Waals surface area contributed by atoms with Gasteiger partial charge in [0.2, 0.25) is 0 Å². The number of rotatable bonds is 12. The molecule has 0 aromatic rings. The monoisotopic (exact) mass is 212 g/mol. The first kappa shape index (κ1) is 14.7. The molecule has 0 saturated heterocycles. The summed E-state index contributed by atoms with van der Waals surface area (Å²) in [6.07, 6.45) is 13.6. The maximum Gasteiger partial charge on any atom is 0.0466 e. The Morgan fingerprint density at radius 2 is 1.47 bits per heavy atom. The number of unbranched alkanes of at least 4 members (excludes halogenated alkanes) is 7. The van der Waals surface area contributed by atoms with Gasteiger partial charge in [-0.1, -0.05) is 45.1 Å². The van der Waals surface area contributed by atoms with Crippen molar-refractivity contribution in [2.24, 2.45) is 0 Å². The largest absolute Gasteiger partial charge is 0.381 e. The highest BCUT2D eigenvalue weighted by Gasteiger charge is 1.91. The van der Waals surface area contributed by atoms with Crippen LogP contribution in [0.2, 0.25) is 0 Å². The van der Waals surface area contributed by atoms with Crippen molar-refractivity contribution in [3.05, 3.63) is 12.7 Å². The molecule has 1 nitrogen and oxygen atoms in total. The van der Waals surface area contributed by atoms with Crippen LogP contribution in [0.25, 0.3) is 0 Å². The van der Waals surface area contributed by atoms with Gasteiger partial charge in [-0.3, -0.25) is 0 Å². The molecule has 0 fully saturated rings. The quantitative estimate of drug-likeness (QED) is 0.336. The maximum absolute atomic E-state index is 5.51. The van der Waals surface area contributed by atoms with Crippen LogP contribution in [0.3, 0.4) is 0 Å². The lowest BCUT2D eigenvalue weighted by atomic mass is 10.1. The lowest BCUT2D eigenvalue weighted by Gasteiger charge is -2.03. The molecule has 0 spiro atoms. The Bertz CT molecular complexity index is 121. The molecule has 0 unspecified atom stereocenters. The second-order valence-corrected chi connectivity index (χ2v) is 4.16. The van der Waals surface area contributed by atoms with Crippen LogP contribution in [-0.2, 0) is 4.74 Å². The highest BCUT2D eigenvalue weighted by atomic mass is 16.5. The number of allylic oxidation sites excluding steroid dienone is 1. The molecule has 90 valence electrons. The van der Waals surface area contributed by atoms with Gasteiger partial charge in [-0.25, -0.2) is 0 Å². The van der Waals surface area contributed by atoms with E-state index in [1.165, 1.54) is 57.8 Å². The molecule has 0 radical (unpaired) electrons. The SMILES string of the molecule is C=CCCCCCCCCOCCCC. The summed E-state index contributed by atoms with van der Waals surface area (Å²) in [5.74, 6) is 0. The summed E-state index contributed by atoms with van der Waals surface area (Å²) in [4.78, 5) is 0. The van der Waals surface area contributed by atoms with Gasteiger partial charge in [-0.05, 0) is 25.7 Å². The van der Waals surface area contributed by atoms with Gasteiger partial charge in [0, 0.05) is 13.2 Å². The van der Waals surface area contributed by atoms with Crippen LogP contribution in [0.1, 0.15) is 64.7 Å². The van der Waals surface area contributed by atoms with Gasteiger partial charge in [0.15, 0.2) is 0 Å². The van der Waals surface area contributed by atoms with Gasteiger partial charge >= 0.3 is 0 Å². The summed E-state index contributed by atoms with van der Waals surface area (Å²) in [5, 5.41) is 0. The van der Waals surface area contributed by atoms with Crippen LogP contribution in [-0.4, -0.2) is 13.2 Å². The Balaban J connectivity index is 2.83. The minimum atomic E-state index is 0.954. The van der Waals surface area contributed by atoms with Crippen molar-refractivity contribution in [1.82, 2.24) is 0 Å². The molecule has 0 aromatic carbocycles. The van der Waals surface area contributed by atoms with Crippen LogP contribution < -0.4 is 0 Å². The van der Waals surface area contributed by atoms with Crippen LogP contribution in [0.15, 0.2) is 12.7 Å². The second-order valence-electron chi connectivity index (χ2n) is 4.16. The van der Waals surface area contributed by atoms with Crippen molar-refractivity contribution in [3.63, 3.8) is 0 Å². The van der Waals surface area contributed by atoms with Crippen molar-refractivity contribution in [2.75, 3.05) is 13.2 Å². The molecule has 0 atom stereocenters.